The number of hydrogen-bond acceptors (Lipinski definition) is 4. The van der Waals surface area contributed by atoms with Crippen LogP contribution in [0.3, 0.4) is 0 Å². The highest BCUT2D eigenvalue weighted by Gasteiger charge is 2.34. The highest BCUT2D eigenvalue weighted by Crippen LogP contribution is 2.35. The molecule has 0 aromatic heterocycles. The number of nitrogens with zero attached hydrogens (tertiary/aromatic N) is 1. The summed E-state index contributed by atoms with van der Waals surface area (Å²) in [5, 5.41) is -0.915. The van der Waals surface area contributed by atoms with Crippen molar-refractivity contribution < 1.29 is 16.8 Å². The molecule has 8 heteroatoms. The lowest BCUT2D eigenvalue weighted by molar-refractivity contribution is 0.344. The summed E-state index contributed by atoms with van der Waals surface area (Å²) in [6.07, 6.45) is 3.92. The number of benzene rings is 2. The molecule has 28 heavy (non-hydrogen) atoms. The molecular weight excluding hydrogens is 418 g/mol. The average molecular weight is 440 g/mol. The van der Waals surface area contributed by atoms with E-state index in [1.54, 1.807) is 18.2 Å². The van der Waals surface area contributed by atoms with Gasteiger partial charge >= 0.3 is 0 Å². The summed E-state index contributed by atoms with van der Waals surface area (Å²) in [4.78, 5) is 0.135. The van der Waals surface area contributed by atoms with Gasteiger partial charge in [-0.25, -0.2) is 21.1 Å². The van der Waals surface area contributed by atoms with Crippen molar-refractivity contribution in [1.82, 2.24) is 4.31 Å². The van der Waals surface area contributed by atoms with E-state index in [9.17, 15) is 16.8 Å². The molecule has 0 N–H and O–H groups in total. The molecule has 0 amide bonds. The zero-order valence-electron chi connectivity index (χ0n) is 15.3. The molecule has 1 fully saturated rings. The van der Waals surface area contributed by atoms with E-state index in [-0.39, 0.29) is 20.4 Å². The van der Waals surface area contributed by atoms with Crippen molar-refractivity contribution in [2.45, 2.75) is 34.3 Å². The molecule has 2 aromatic carbocycles. The Hall–Kier alpha value is -1.67. The molecule has 0 aliphatic carbocycles. The summed E-state index contributed by atoms with van der Waals surface area (Å²) in [5.74, 6) is 0. The normalized spacial score (nSPS) is 17.2. The Labute approximate surface area is 171 Å². The van der Waals surface area contributed by atoms with Gasteiger partial charge in [-0.2, -0.15) is 0 Å². The average Bonchev–Trinajstić information content (AvgIpc) is 2.71. The molecular formula is C20H22ClNO4S2. The van der Waals surface area contributed by atoms with Gasteiger partial charge in [-0.3, -0.25) is 0 Å². The molecule has 1 heterocycles. The molecule has 1 saturated heterocycles. The van der Waals surface area contributed by atoms with Crippen LogP contribution in [-0.2, 0) is 19.9 Å². The summed E-state index contributed by atoms with van der Waals surface area (Å²) in [6.45, 7) is 4.58. The Balaban J connectivity index is 2.06. The Morgan fingerprint density at radius 1 is 0.929 bits per heavy atom. The van der Waals surface area contributed by atoms with Crippen LogP contribution in [0.2, 0.25) is 5.02 Å². The van der Waals surface area contributed by atoms with Gasteiger partial charge in [0.15, 0.2) is 0 Å². The van der Waals surface area contributed by atoms with Gasteiger partial charge in [0.05, 0.1) is 9.79 Å². The first-order chi connectivity index (χ1) is 13.3. The summed E-state index contributed by atoms with van der Waals surface area (Å²) in [7, 11) is -7.53. The first-order valence-electron chi connectivity index (χ1n) is 8.99. The van der Waals surface area contributed by atoms with E-state index in [4.69, 9.17) is 11.6 Å². The van der Waals surface area contributed by atoms with Crippen molar-refractivity contribution in [2.75, 3.05) is 13.1 Å². The summed E-state index contributed by atoms with van der Waals surface area (Å²) in [6, 6.07) is 12.2. The second kappa shape index (κ2) is 8.37. The van der Waals surface area contributed by atoms with E-state index >= 15 is 0 Å². The van der Waals surface area contributed by atoms with E-state index in [1.165, 1.54) is 40.7 Å². The zero-order valence-corrected chi connectivity index (χ0v) is 17.7. The molecule has 1 aliphatic heterocycles. The fourth-order valence-corrected chi connectivity index (χ4v) is 6.80. The van der Waals surface area contributed by atoms with Crippen molar-refractivity contribution in [2.24, 2.45) is 0 Å². The zero-order chi connectivity index (χ0) is 20.4. The van der Waals surface area contributed by atoms with Crippen LogP contribution in [0.5, 0.6) is 0 Å². The minimum absolute atomic E-state index is 0.00112. The number of rotatable bonds is 6. The molecule has 2 aromatic rings. The lowest BCUT2D eigenvalue weighted by Gasteiger charge is -2.29. The predicted molar refractivity (Wildman–Crippen MR) is 111 cm³/mol. The topological polar surface area (TPSA) is 71.5 Å². The van der Waals surface area contributed by atoms with Crippen LogP contribution in [0.4, 0.5) is 0 Å². The van der Waals surface area contributed by atoms with Crippen LogP contribution in [0, 0.1) is 0 Å². The van der Waals surface area contributed by atoms with Gasteiger partial charge in [-0.05, 0) is 48.7 Å². The SMILES string of the molecule is C=CC(c1cc(S(=O)(=O)c2ccccc2)ccc1Cl)S(=O)(=O)N1CCCCC1. The van der Waals surface area contributed by atoms with E-state index < -0.39 is 25.1 Å². The lowest BCUT2D eigenvalue weighted by atomic mass is 10.1. The highest BCUT2D eigenvalue weighted by atomic mass is 35.5. The predicted octanol–water partition coefficient (Wildman–Crippen LogP) is 4.22. The fraction of sp³-hybridized carbons (Fsp3) is 0.300. The Bertz CT molecular complexity index is 1060. The number of sulfonamides is 1. The summed E-state index contributed by atoms with van der Waals surface area (Å²) < 4.78 is 53.6. The molecule has 0 spiro atoms. The van der Waals surface area contributed by atoms with Gasteiger partial charge in [-0.1, -0.05) is 42.3 Å². The van der Waals surface area contributed by atoms with Crippen molar-refractivity contribution in [3.63, 3.8) is 0 Å². The molecule has 0 bridgehead atoms. The van der Waals surface area contributed by atoms with E-state index in [1.807, 2.05) is 0 Å². The third-order valence-electron chi connectivity index (χ3n) is 4.85. The molecule has 5 nitrogen and oxygen atoms in total. The molecule has 0 saturated carbocycles. The van der Waals surface area contributed by atoms with Crippen LogP contribution >= 0.6 is 11.6 Å². The van der Waals surface area contributed by atoms with Crippen LogP contribution in [0.15, 0.2) is 71.0 Å². The lowest BCUT2D eigenvalue weighted by Crippen LogP contribution is -2.38. The second-order valence-corrected chi connectivity index (χ2v) is 11.1. The Morgan fingerprint density at radius 2 is 1.57 bits per heavy atom. The van der Waals surface area contributed by atoms with Gasteiger partial charge in [0.25, 0.3) is 0 Å². The molecule has 1 atom stereocenters. The van der Waals surface area contributed by atoms with Crippen molar-refractivity contribution in [1.29, 1.82) is 0 Å². The largest absolute Gasteiger partial charge is 0.224 e. The molecule has 1 unspecified atom stereocenters. The van der Waals surface area contributed by atoms with E-state index in [2.05, 4.69) is 6.58 Å². The first-order valence-corrected chi connectivity index (χ1v) is 12.4. The standard InChI is InChI=1S/C20H22ClNO4S2/c1-2-20(28(25,26)22-13-7-4-8-14-22)18-15-17(11-12-19(18)21)27(23,24)16-9-5-3-6-10-16/h2-3,5-6,9-12,15,20H,1,4,7-8,13-14H2. The van der Waals surface area contributed by atoms with Crippen LogP contribution in [-0.4, -0.2) is 34.2 Å². The monoisotopic (exact) mass is 439 g/mol. The van der Waals surface area contributed by atoms with Crippen LogP contribution < -0.4 is 0 Å². The Kier molecular flexibility index (Phi) is 6.29. The van der Waals surface area contributed by atoms with Crippen molar-refractivity contribution in [3.05, 3.63) is 71.8 Å². The smallest absolute Gasteiger partial charge is 0.219 e. The number of sulfone groups is 1. The minimum atomic E-state index is -3.79. The number of halogens is 1. The highest BCUT2D eigenvalue weighted by molar-refractivity contribution is 7.91. The maximum Gasteiger partial charge on any atom is 0.224 e. The number of hydrogen-bond donors (Lipinski definition) is 0. The molecule has 150 valence electrons. The van der Waals surface area contributed by atoms with Gasteiger partial charge in [0.1, 0.15) is 5.25 Å². The minimum Gasteiger partial charge on any atom is -0.219 e. The third kappa shape index (κ3) is 4.03. The van der Waals surface area contributed by atoms with Gasteiger partial charge in [0, 0.05) is 18.1 Å². The van der Waals surface area contributed by atoms with E-state index in [0.29, 0.717) is 13.1 Å². The quantitative estimate of drug-likeness (QED) is 0.632. The van der Waals surface area contributed by atoms with Crippen molar-refractivity contribution >= 4 is 31.5 Å². The second-order valence-electron chi connectivity index (χ2n) is 6.66. The van der Waals surface area contributed by atoms with E-state index in [0.717, 1.165) is 19.3 Å². The third-order valence-corrected chi connectivity index (χ3v) is 9.13. The molecule has 0 radical (unpaired) electrons. The first kappa shape index (κ1) is 21.0. The van der Waals surface area contributed by atoms with Crippen molar-refractivity contribution in [3.8, 4) is 0 Å². The van der Waals surface area contributed by atoms with Crippen LogP contribution in [0.25, 0.3) is 0 Å². The van der Waals surface area contributed by atoms with Gasteiger partial charge < -0.3 is 0 Å². The fourth-order valence-electron chi connectivity index (χ4n) is 3.33. The summed E-state index contributed by atoms with van der Waals surface area (Å²) in [5.41, 5.74) is 0.222. The molecule has 3 rings (SSSR count). The number of piperidine rings is 1. The van der Waals surface area contributed by atoms with Crippen LogP contribution in [0.1, 0.15) is 30.1 Å². The summed E-state index contributed by atoms with van der Waals surface area (Å²) >= 11 is 6.29. The van der Waals surface area contributed by atoms with Gasteiger partial charge in [0.2, 0.25) is 19.9 Å². The maximum absolute atomic E-state index is 13.1. The molecule has 1 aliphatic rings. The van der Waals surface area contributed by atoms with Gasteiger partial charge in [-0.15, -0.1) is 6.58 Å². The Morgan fingerprint density at radius 3 is 2.18 bits per heavy atom. The maximum atomic E-state index is 13.1.